The number of halogens is 2. The van der Waals surface area contributed by atoms with Crippen LogP contribution in [0.3, 0.4) is 0 Å². The zero-order chi connectivity index (χ0) is 12.8. The van der Waals surface area contributed by atoms with Gasteiger partial charge in [0.2, 0.25) is 0 Å². The minimum Gasteiger partial charge on any atom is -0.481 e. The van der Waals surface area contributed by atoms with Gasteiger partial charge in [-0.1, -0.05) is 23.7 Å². The molecule has 0 aliphatic heterocycles. The zero-order valence-corrected chi connectivity index (χ0v) is 10.4. The molecule has 0 bridgehead atoms. The van der Waals surface area contributed by atoms with Crippen LogP contribution in [-0.4, -0.2) is 29.6 Å². The number of rotatable bonds is 6. The van der Waals surface area contributed by atoms with E-state index in [0.29, 0.717) is 25.1 Å². The molecule has 0 atom stereocenters. The molecule has 0 radical (unpaired) electrons. The monoisotopic (exact) mass is 259 g/mol. The quantitative estimate of drug-likeness (QED) is 0.854. The van der Waals surface area contributed by atoms with Crippen molar-refractivity contribution >= 4 is 17.6 Å². The predicted molar refractivity (Wildman–Crippen MR) is 64.6 cm³/mol. The summed E-state index contributed by atoms with van der Waals surface area (Å²) in [6.07, 6.45) is 0.708. The highest BCUT2D eigenvalue weighted by molar-refractivity contribution is 6.31. The van der Waals surface area contributed by atoms with Crippen LogP contribution in [0.4, 0.5) is 4.39 Å². The van der Waals surface area contributed by atoms with Crippen LogP contribution in [0.5, 0.6) is 0 Å². The maximum Gasteiger partial charge on any atom is 0.303 e. The summed E-state index contributed by atoms with van der Waals surface area (Å²) in [5.74, 6) is -1.23. The van der Waals surface area contributed by atoms with Crippen molar-refractivity contribution in [1.29, 1.82) is 0 Å². The molecule has 0 heterocycles. The van der Waals surface area contributed by atoms with Gasteiger partial charge in [-0.05, 0) is 31.6 Å². The number of benzene rings is 1. The molecule has 0 unspecified atom stereocenters. The Morgan fingerprint density at radius 3 is 2.88 bits per heavy atom. The van der Waals surface area contributed by atoms with E-state index < -0.39 is 11.8 Å². The van der Waals surface area contributed by atoms with E-state index in [1.54, 1.807) is 12.1 Å². The molecule has 1 aromatic rings. The highest BCUT2D eigenvalue weighted by Gasteiger charge is 2.08. The van der Waals surface area contributed by atoms with E-state index in [4.69, 9.17) is 16.7 Å². The van der Waals surface area contributed by atoms with E-state index in [2.05, 4.69) is 0 Å². The molecule has 0 fully saturated rings. The Hall–Kier alpha value is -1.13. The molecule has 3 nitrogen and oxygen atoms in total. The number of hydrogen-bond acceptors (Lipinski definition) is 2. The van der Waals surface area contributed by atoms with Crippen molar-refractivity contribution < 1.29 is 14.3 Å². The smallest absolute Gasteiger partial charge is 0.303 e. The lowest BCUT2D eigenvalue weighted by Gasteiger charge is -2.17. The van der Waals surface area contributed by atoms with Crippen molar-refractivity contribution in [3.8, 4) is 0 Å². The first-order chi connectivity index (χ1) is 8.00. The first-order valence-electron chi connectivity index (χ1n) is 5.34. The molecule has 5 heteroatoms. The van der Waals surface area contributed by atoms with Gasteiger partial charge in [0.25, 0.3) is 0 Å². The normalized spacial score (nSPS) is 10.8. The molecule has 1 rings (SSSR count). The summed E-state index contributed by atoms with van der Waals surface area (Å²) < 4.78 is 13.2. The van der Waals surface area contributed by atoms with Crippen LogP contribution in [0, 0.1) is 5.82 Å². The lowest BCUT2D eigenvalue weighted by Crippen LogP contribution is -2.20. The van der Waals surface area contributed by atoms with E-state index in [9.17, 15) is 9.18 Å². The maximum atomic E-state index is 13.2. The number of carboxylic acids is 1. The lowest BCUT2D eigenvalue weighted by molar-refractivity contribution is -0.137. The van der Waals surface area contributed by atoms with Crippen molar-refractivity contribution in [1.82, 2.24) is 4.90 Å². The fourth-order valence-electron chi connectivity index (χ4n) is 1.54. The Kier molecular flexibility index (Phi) is 5.38. The largest absolute Gasteiger partial charge is 0.481 e. The average Bonchev–Trinajstić information content (AvgIpc) is 2.24. The van der Waals surface area contributed by atoms with Gasteiger partial charge in [-0.3, -0.25) is 4.79 Å². The molecule has 0 aliphatic carbocycles. The number of carbonyl (C=O) groups is 1. The van der Waals surface area contributed by atoms with Gasteiger partial charge < -0.3 is 10.0 Å². The minimum absolute atomic E-state index is 0.137. The second-order valence-electron chi connectivity index (χ2n) is 3.95. The van der Waals surface area contributed by atoms with Crippen molar-refractivity contribution in [2.45, 2.75) is 19.4 Å². The lowest BCUT2D eigenvalue weighted by atomic mass is 10.2. The summed E-state index contributed by atoms with van der Waals surface area (Å²) in [4.78, 5) is 12.3. The second kappa shape index (κ2) is 6.57. The maximum absolute atomic E-state index is 13.2. The van der Waals surface area contributed by atoms with E-state index in [-0.39, 0.29) is 11.4 Å². The van der Waals surface area contributed by atoms with Gasteiger partial charge >= 0.3 is 5.97 Å². The summed E-state index contributed by atoms with van der Waals surface area (Å²) in [6.45, 7) is 1.15. The van der Waals surface area contributed by atoms with Crippen molar-refractivity contribution in [3.05, 3.63) is 34.6 Å². The zero-order valence-electron chi connectivity index (χ0n) is 9.62. The van der Waals surface area contributed by atoms with E-state index in [0.717, 1.165) is 0 Å². The van der Waals surface area contributed by atoms with Crippen LogP contribution in [0.15, 0.2) is 18.2 Å². The molecule has 0 aromatic heterocycles. The van der Waals surface area contributed by atoms with Gasteiger partial charge in [-0.25, -0.2) is 4.39 Å². The third-order valence-corrected chi connectivity index (χ3v) is 2.83. The fraction of sp³-hybridized carbons (Fsp3) is 0.417. The Bertz CT molecular complexity index is 398. The van der Waals surface area contributed by atoms with Crippen molar-refractivity contribution in [2.75, 3.05) is 13.6 Å². The Balaban J connectivity index is 2.47. The Labute approximate surface area is 105 Å². The van der Waals surface area contributed by atoms with E-state index in [1.807, 2.05) is 11.9 Å². The highest BCUT2D eigenvalue weighted by atomic mass is 35.5. The van der Waals surface area contributed by atoms with Crippen LogP contribution in [0.2, 0.25) is 5.02 Å². The molecule has 0 amide bonds. The molecule has 0 spiro atoms. The van der Waals surface area contributed by atoms with Gasteiger partial charge in [-0.2, -0.15) is 0 Å². The predicted octanol–water partition coefficient (Wildman–Crippen LogP) is 2.78. The molecule has 17 heavy (non-hydrogen) atoms. The third kappa shape index (κ3) is 4.71. The van der Waals surface area contributed by atoms with Crippen LogP contribution < -0.4 is 0 Å². The minimum atomic E-state index is -0.804. The van der Waals surface area contributed by atoms with Gasteiger partial charge in [-0.15, -0.1) is 0 Å². The molecule has 0 aliphatic rings. The molecule has 0 saturated carbocycles. The standard InChI is InChI=1S/C12H15ClFNO2/c1-15(7-3-6-11(16)17)8-9-4-2-5-10(14)12(9)13/h2,4-5H,3,6-8H2,1H3,(H,16,17). The van der Waals surface area contributed by atoms with E-state index in [1.165, 1.54) is 6.07 Å². The summed E-state index contributed by atoms with van der Waals surface area (Å²) >= 11 is 5.83. The molecule has 1 aromatic carbocycles. The number of carboxylic acid groups (broad SMARTS) is 1. The van der Waals surface area contributed by atoms with Gasteiger partial charge in [0.15, 0.2) is 0 Å². The molecular weight excluding hydrogens is 245 g/mol. The second-order valence-corrected chi connectivity index (χ2v) is 4.33. The average molecular weight is 260 g/mol. The van der Waals surface area contributed by atoms with Crippen molar-refractivity contribution in [2.24, 2.45) is 0 Å². The summed E-state index contributed by atoms with van der Waals surface area (Å²) in [6, 6.07) is 4.69. The summed E-state index contributed by atoms with van der Waals surface area (Å²) in [7, 11) is 1.85. The molecule has 94 valence electrons. The molecule has 0 saturated heterocycles. The van der Waals surface area contributed by atoms with Crippen LogP contribution in [0.25, 0.3) is 0 Å². The van der Waals surface area contributed by atoms with Gasteiger partial charge in [0.1, 0.15) is 5.82 Å². The van der Waals surface area contributed by atoms with Crippen LogP contribution in [0.1, 0.15) is 18.4 Å². The summed E-state index contributed by atoms with van der Waals surface area (Å²) in [5.41, 5.74) is 0.712. The first kappa shape index (κ1) is 13.9. The van der Waals surface area contributed by atoms with Crippen LogP contribution >= 0.6 is 11.6 Å². The van der Waals surface area contributed by atoms with Crippen LogP contribution in [-0.2, 0) is 11.3 Å². The van der Waals surface area contributed by atoms with Crippen molar-refractivity contribution in [3.63, 3.8) is 0 Å². The number of nitrogens with zero attached hydrogens (tertiary/aromatic N) is 1. The van der Waals surface area contributed by atoms with Gasteiger partial charge in [0, 0.05) is 13.0 Å². The highest BCUT2D eigenvalue weighted by Crippen LogP contribution is 2.20. The first-order valence-corrected chi connectivity index (χ1v) is 5.71. The Morgan fingerprint density at radius 1 is 1.53 bits per heavy atom. The number of hydrogen-bond donors (Lipinski definition) is 1. The number of aliphatic carboxylic acids is 1. The molecule has 1 N–H and O–H groups in total. The third-order valence-electron chi connectivity index (χ3n) is 2.40. The summed E-state index contributed by atoms with van der Waals surface area (Å²) in [5, 5.41) is 8.64. The molecular formula is C12H15ClFNO2. The topological polar surface area (TPSA) is 40.5 Å². The van der Waals surface area contributed by atoms with E-state index >= 15 is 0 Å². The fourth-order valence-corrected chi connectivity index (χ4v) is 1.73. The SMILES string of the molecule is CN(CCCC(=O)O)Cc1cccc(F)c1Cl. The van der Waals surface area contributed by atoms with Gasteiger partial charge in [0.05, 0.1) is 5.02 Å². The Morgan fingerprint density at radius 2 is 2.24 bits per heavy atom.